The number of aliphatic hydroxyl groups excluding tert-OH is 1. The van der Waals surface area contributed by atoms with E-state index >= 15 is 4.57 Å². The maximum Gasteiger partial charge on any atom is 0.475 e. The Morgan fingerprint density at radius 2 is 1.40 bits per heavy atom. The zero-order valence-corrected chi connectivity index (χ0v) is 56.8. The van der Waals surface area contributed by atoms with E-state index in [2.05, 4.69) is 40.5 Å². The van der Waals surface area contributed by atoms with E-state index in [1.807, 2.05) is 119 Å². The summed E-state index contributed by atoms with van der Waals surface area (Å²) in [5, 5.41) is 26.0. The highest BCUT2D eigenvalue weighted by atomic mass is 32.2. The Kier molecular flexibility index (Phi) is 21.8. The van der Waals surface area contributed by atoms with Crippen LogP contribution in [0.1, 0.15) is 87.0 Å². The molecule has 0 saturated carbocycles. The molecule has 2 aliphatic heterocycles. The van der Waals surface area contributed by atoms with Crippen LogP contribution < -0.4 is 25.7 Å². The van der Waals surface area contributed by atoms with Crippen molar-refractivity contribution in [3.05, 3.63) is 161 Å². The van der Waals surface area contributed by atoms with Gasteiger partial charge in [0.05, 0.1) is 70.0 Å². The van der Waals surface area contributed by atoms with E-state index < -0.39 is 126 Å². The van der Waals surface area contributed by atoms with Crippen molar-refractivity contribution in [3.63, 3.8) is 0 Å². The van der Waals surface area contributed by atoms with Gasteiger partial charge in [-0.3, -0.25) is 52.0 Å². The first-order valence-corrected chi connectivity index (χ1v) is 36.9. The second kappa shape index (κ2) is 29.6. The van der Waals surface area contributed by atoms with Gasteiger partial charge in [-0.2, -0.15) is 10.2 Å². The normalized spacial score (nSPS) is 21.1. The average Bonchev–Trinajstić information content (AvgIpc) is 1.45. The number of H-pyrrole nitrogens is 1. The van der Waals surface area contributed by atoms with E-state index in [1.165, 1.54) is 23.5 Å². The molecule has 2 fully saturated rings. The van der Waals surface area contributed by atoms with Crippen LogP contribution in [-0.4, -0.2) is 139 Å². The van der Waals surface area contributed by atoms with Crippen molar-refractivity contribution in [2.75, 3.05) is 50.4 Å². The summed E-state index contributed by atoms with van der Waals surface area (Å²) in [6.07, 6.45) is -5.42. The summed E-state index contributed by atoms with van der Waals surface area (Å²) >= 11 is 1.55. The van der Waals surface area contributed by atoms with Crippen molar-refractivity contribution < 1.29 is 70.2 Å². The Morgan fingerprint density at radius 3 is 2.00 bits per heavy atom. The number of nitrogens with zero attached hydrogens (tertiary/aromatic N) is 8. The molecule has 2 amide bonds. The fourth-order valence-electron chi connectivity index (χ4n) is 11.0. The lowest BCUT2D eigenvalue weighted by molar-refractivity contribution is -0.118. The minimum atomic E-state index is -5.04. The molecule has 5 N–H and O–H groups in total. The van der Waals surface area contributed by atoms with Gasteiger partial charge in [-0.05, 0) is 83.4 Å². The molecule has 0 aliphatic carbocycles. The van der Waals surface area contributed by atoms with E-state index in [0.29, 0.717) is 17.1 Å². The summed E-state index contributed by atoms with van der Waals surface area (Å²) in [5.74, 6) is -0.948. The minimum absolute atomic E-state index is 0.0893. The number of methoxy groups -OCH3 is 2. The summed E-state index contributed by atoms with van der Waals surface area (Å²) in [7, 11) is -8.64. The Labute approximate surface area is 547 Å². The van der Waals surface area contributed by atoms with Crippen LogP contribution in [0.15, 0.2) is 133 Å². The second-order valence-electron chi connectivity index (χ2n) is 24.1. The van der Waals surface area contributed by atoms with Gasteiger partial charge in [0.25, 0.3) is 11.5 Å². The number of phosphoric ester groups is 1. The van der Waals surface area contributed by atoms with Crippen molar-refractivity contribution in [1.82, 2.24) is 39.0 Å². The highest BCUT2D eigenvalue weighted by molar-refractivity contribution is 8.00. The molecule has 498 valence electrons. The molecule has 2 saturated heterocycles. The standard InChI is InChI=1S/C63H75N11O16P2SSi/c1-38(2)56(76)71-61-70-55-49(58(78)72-61)68-37-74(55)59-50(88-91(79)80)45(29-32-93-63(40-19-14-11-15-20-40,41-21-25-43(82-6)26-22-41)42-23-27-44(83-7)28-24-42)47(87-59)34-85-92(81,84-31-16-30-64)89-51-46(33-75)86-60(52(51)90-94(8,9)62(3,4)5)73-36-67-48-53(65-35-66-54(48)73)69-57(77)39-17-12-10-13-18-39/h10-15,17-28,35-38,45-47,50-52,59-60,75,91H,16,29,31-34H2,1-9H3,(H,79,80)(H,65,66,69,77)(H2,70,71,72,76,78)/t45-,46-,47-,50-,51-,52-,59-,60-,92?/m1/s1. The van der Waals surface area contributed by atoms with Gasteiger partial charge in [0.15, 0.2) is 48.9 Å². The number of benzene rings is 4. The highest BCUT2D eigenvalue weighted by Crippen LogP contribution is 2.57. The van der Waals surface area contributed by atoms with Gasteiger partial charge in [0.2, 0.25) is 11.9 Å². The van der Waals surface area contributed by atoms with Gasteiger partial charge < -0.3 is 43.2 Å². The monoisotopic (exact) mass is 1360 g/mol. The number of hydrogen-bond acceptors (Lipinski definition) is 22. The Balaban J connectivity index is 1.04. The molecule has 4 aromatic heterocycles. The quantitative estimate of drug-likeness (QED) is 0.0132. The van der Waals surface area contributed by atoms with Gasteiger partial charge >= 0.3 is 16.1 Å². The number of nitriles is 1. The van der Waals surface area contributed by atoms with Crippen LogP contribution in [0, 0.1) is 23.2 Å². The van der Waals surface area contributed by atoms with Crippen molar-refractivity contribution in [2.45, 2.75) is 113 Å². The number of imidazole rings is 2. The molecule has 2 unspecified atom stereocenters. The van der Waals surface area contributed by atoms with Crippen LogP contribution in [0.3, 0.4) is 0 Å². The van der Waals surface area contributed by atoms with E-state index in [9.17, 15) is 34.2 Å². The molecule has 0 spiro atoms. The second-order valence-corrected chi connectivity index (χ2v) is 32.6. The van der Waals surface area contributed by atoms with Crippen molar-refractivity contribution >= 4 is 82.1 Å². The molecule has 8 aromatic rings. The number of phosphoric acid groups is 1. The van der Waals surface area contributed by atoms with Crippen molar-refractivity contribution in [1.29, 1.82) is 5.26 Å². The van der Waals surface area contributed by atoms with E-state index in [1.54, 1.807) is 74.7 Å². The van der Waals surface area contributed by atoms with Gasteiger partial charge in [-0.1, -0.05) is 107 Å². The first kappa shape index (κ1) is 69.3. The maximum absolute atomic E-state index is 15.9. The molecular formula is C63H75N11O16P2SSi. The van der Waals surface area contributed by atoms with Gasteiger partial charge in [0.1, 0.15) is 42.2 Å². The third-order valence-corrected chi connectivity index (χ3v) is 24.9. The number of rotatable bonds is 28. The van der Waals surface area contributed by atoms with Crippen LogP contribution in [0.4, 0.5) is 11.8 Å². The number of carbonyl (C=O) groups excluding carboxylic acids is 2. The highest BCUT2D eigenvalue weighted by Gasteiger charge is 2.56. The number of anilines is 2. The number of amides is 2. The van der Waals surface area contributed by atoms with Crippen LogP contribution in [0.25, 0.3) is 22.3 Å². The first-order chi connectivity index (χ1) is 45.0. The molecule has 94 heavy (non-hydrogen) atoms. The number of aliphatic hydroxyl groups is 1. The zero-order valence-electron chi connectivity index (χ0n) is 53.1. The Morgan fingerprint density at radius 1 is 0.809 bits per heavy atom. The Hall–Kier alpha value is -7.52. The molecule has 0 radical (unpaired) electrons. The first-order valence-electron chi connectivity index (χ1n) is 30.3. The van der Waals surface area contributed by atoms with Gasteiger partial charge in [-0.25, -0.2) is 24.5 Å². The van der Waals surface area contributed by atoms with Crippen LogP contribution >= 0.6 is 27.8 Å². The van der Waals surface area contributed by atoms with E-state index in [4.69, 9.17) is 41.5 Å². The maximum atomic E-state index is 15.9. The number of thioether (sulfide) groups is 1. The number of ether oxygens (including phenoxy) is 4. The van der Waals surface area contributed by atoms with Crippen LogP contribution in [0.2, 0.25) is 18.1 Å². The summed E-state index contributed by atoms with van der Waals surface area (Å²) in [6, 6.07) is 35.8. The number of fused-ring (bicyclic) bond motifs is 2. The fraction of sp³-hybridized carbons (Fsp3) is 0.413. The number of nitrogens with one attached hydrogen (secondary N) is 3. The van der Waals surface area contributed by atoms with Crippen molar-refractivity contribution in [2.24, 2.45) is 11.8 Å². The lowest BCUT2D eigenvalue weighted by atomic mass is 9.84. The molecule has 27 nitrogen and oxygen atoms in total. The molecule has 4 aromatic carbocycles. The lowest BCUT2D eigenvalue weighted by Crippen LogP contribution is -2.49. The van der Waals surface area contributed by atoms with Crippen LogP contribution in [-0.2, 0) is 50.7 Å². The van der Waals surface area contributed by atoms with Crippen LogP contribution in [0.5, 0.6) is 11.5 Å². The topological polar surface area (TPSA) is 347 Å². The van der Waals surface area contributed by atoms with E-state index in [-0.39, 0.29) is 52.7 Å². The molecular weight excluding hydrogens is 1290 g/mol. The number of aromatic amines is 1. The largest absolute Gasteiger partial charge is 0.497 e. The SMILES string of the molecule is COc1ccc(C(SCC[C@H]2[C@@H](O[PH](=O)O)[C@H](n3cnc4c(=O)[nH]c(NC(=O)C(C)C)nc43)O[C@@H]2COP(=O)(OCCC#N)O[C@H]2[C@@H](O[Si](C)(C)C(C)(C)C)[C@H](n3cnc4c(NC(=O)c5ccccc5)ncnc43)O[C@@H]2CO)(c2ccccc2)c2ccc(OC)cc2)cc1. The van der Waals surface area contributed by atoms with Crippen molar-refractivity contribution in [3.8, 4) is 17.6 Å². The van der Waals surface area contributed by atoms with Gasteiger partial charge in [0, 0.05) is 17.4 Å². The molecule has 10 atom stereocenters. The molecule has 2 aliphatic rings. The summed E-state index contributed by atoms with van der Waals surface area (Å²) in [4.78, 5) is 75.8. The summed E-state index contributed by atoms with van der Waals surface area (Å²) in [5.41, 5.74) is 2.44. The minimum Gasteiger partial charge on any atom is -0.497 e. The van der Waals surface area contributed by atoms with Gasteiger partial charge in [-0.15, -0.1) is 11.8 Å². The number of aromatic nitrogens is 8. The summed E-state index contributed by atoms with van der Waals surface area (Å²) < 4.78 is 88.1. The Bertz CT molecular complexity index is 4070. The predicted octanol–water partition coefficient (Wildman–Crippen LogP) is 9.94. The molecule has 6 heterocycles. The number of carbonyl (C=O) groups is 2. The third kappa shape index (κ3) is 14.9. The zero-order chi connectivity index (χ0) is 67.1. The number of hydrogen-bond donors (Lipinski definition) is 5. The lowest BCUT2D eigenvalue weighted by Gasteiger charge is -2.40. The molecule has 0 bridgehead atoms. The predicted molar refractivity (Wildman–Crippen MR) is 352 cm³/mol. The third-order valence-electron chi connectivity index (χ3n) is 16.9. The smallest absolute Gasteiger partial charge is 0.475 e. The average molecular weight is 1360 g/mol. The van der Waals surface area contributed by atoms with E-state index in [0.717, 1.165) is 16.7 Å². The molecule has 31 heteroatoms. The summed E-state index contributed by atoms with van der Waals surface area (Å²) in [6.45, 7) is 11.5. The molecule has 10 rings (SSSR count). The fourth-order valence-corrected chi connectivity index (χ4v) is 15.8.